The Bertz CT molecular complexity index is 357. The quantitative estimate of drug-likeness (QED) is 0.789. The number of nitrogens with one attached hydrogen (secondary N) is 1. The number of nitrogens with two attached hydrogens (primary N) is 1. The summed E-state index contributed by atoms with van der Waals surface area (Å²) in [7, 11) is 0. The molecule has 0 spiro atoms. The fourth-order valence-electron chi connectivity index (χ4n) is 5.74. The SMILES string of the molecule is CCCC[C@H](N)C(=O)NC(C)C12CC3CC(CC(C3)C1)C2. The standard InChI is InChI=1S/C18H32N2O/c1-3-4-5-16(19)17(21)20-12(2)18-9-13-6-14(10-18)8-15(7-13)11-18/h12-16H,3-11,19H2,1-2H3,(H,20,21)/t12?,13?,14?,15?,16-,18?/m0/s1. The minimum atomic E-state index is -0.318. The van der Waals surface area contributed by atoms with Crippen molar-refractivity contribution in [1.29, 1.82) is 0 Å². The van der Waals surface area contributed by atoms with Gasteiger partial charge in [0.05, 0.1) is 6.04 Å². The first-order valence-electron chi connectivity index (χ1n) is 9.08. The van der Waals surface area contributed by atoms with Gasteiger partial charge in [-0.3, -0.25) is 4.79 Å². The highest BCUT2D eigenvalue weighted by Crippen LogP contribution is 2.61. The maximum absolute atomic E-state index is 12.3. The second-order valence-electron chi connectivity index (χ2n) is 8.26. The first-order valence-corrected chi connectivity index (χ1v) is 9.08. The van der Waals surface area contributed by atoms with E-state index < -0.39 is 0 Å². The fraction of sp³-hybridized carbons (Fsp3) is 0.944. The Morgan fingerprint density at radius 3 is 2.19 bits per heavy atom. The van der Waals surface area contributed by atoms with E-state index in [1.165, 1.54) is 38.5 Å². The number of carbonyl (C=O) groups is 1. The zero-order chi connectivity index (χ0) is 15.0. The summed E-state index contributed by atoms with van der Waals surface area (Å²) in [5.41, 5.74) is 6.41. The number of hydrogen-bond acceptors (Lipinski definition) is 2. The van der Waals surface area contributed by atoms with Crippen molar-refractivity contribution in [2.75, 3.05) is 0 Å². The van der Waals surface area contributed by atoms with E-state index in [1.54, 1.807) is 0 Å². The number of carbonyl (C=O) groups excluding carboxylic acids is 1. The van der Waals surface area contributed by atoms with Gasteiger partial charge in [0.15, 0.2) is 0 Å². The lowest BCUT2D eigenvalue weighted by molar-refractivity contribution is -0.127. The molecule has 4 saturated carbocycles. The van der Waals surface area contributed by atoms with Crippen LogP contribution < -0.4 is 11.1 Å². The molecular weight excluding hydrogens is 260 g/mol. The summed E-state index contributed by atoms with van der Waals surface area (Å²) in [4.78, 5) is 12.3. The van der Waals surface area contributed by atoms with Crippen LogP contribution in [0.1, 0.15) is 71.6 Å². The van der Waals surface area contributed by atoms with Crippen LogP contribution in [0.5, 0.6) is 0 Å². The smallest absolute Gasteiger partial charge is 0.237 e. The molecule has 0 radical (unpaired) electrons. The Kier molecular flexibility index (Phi) is 4.31. The summed E-state index contributed by atoms with van der Waals surface area (Å²) in [6.07, 6.45) is 11.3. The van der Waals surface area contributed by atoms with Crippen molar-refractivity contribution in [2.24, 2.45) is 28.9 Å². The first kappa shape index (κ1) is 15.3. The summed E-state index contributed by atoms with van der Waals surface area (Å²) in [6.45, 7) is 4.38. The van der Waals surface area contributed by atoms with Crippen LogP contribution in [0.2, 0.25) is 0 Å². The molecule has 1 amide bonds. The minimum Gasteiger partial charge on any atom is -0.352 e. The molecule has 4 bridgehead atoms. The van der Waals surface area contributed by atoms with E-state index in [1.807, 2.05) is 0 Å². The van der Waals surface area contributed by atoms with Gasteiger partial charge in [0.2, 0.25) is 5.91 Å². The Labute approximate surface area is 129 Å². The molecule has 120 valence electrons. The maximum Gasteiger partial charge on any atom is 0.237 e. The van der Waals surface area contributed by atoms with Crippen molar-refractivity contribution < 1.29 is 4.79 Å². The Balaban J connectivity index is 1.60. The largest absolute Gasteiger partial charge is 0.352 e. The summed E-state index contributed by atoms with van der Waals surface area (Å²) in [6, 6.07) is -0.0209. The van der Waals surface area contributed by atoms with Gasteiger partial charge in [0.1, 0.15) is 0 Å². The van der Waals surface area contributed by atoms with Gasteiger partial charge in [0.25, 0.3) is 0 Å². The third-order valence-electron chi connectivity index (χ3n) is 6.57. The predicted molar refractivity (Wildman–Crippen MR) is 85.7 cm³/mol. The van der Waals surface area contributed by atoms with Crippen molar-refractivity contribution in [3.63, 3.8) is 0 Å². The normalized spacial score (nSPS) is 40.0. The fourth-order valence-corrected chi connectivity index (χ4v) is 5.74. The molecule has 3 heteroatoms. The van der Waals surface area contributed by atoms with E-state index in [2.05, 4.69) is 19.2 Å². The maximum atomic E-state index is 12.3. The third kappa shape index (κ3) is 2.99. The molecule has 2 atom stereocenters. The van der Waals surface area contributed by atoms with Crippen molar-refractivity contribution >= 4 is 5.91 Å². The molecular formula is C18H32N2O. The highest BCUT2D eigenvalue weighted by atomic mass is 16.2. The Hall–Kier alpha value is -0.570. The zero-order valence-electron chi connectivity index (χ0n) is 13.7. The lowest BCUT2D eigenvalue weighted by atomic mass is 9.48. The van der Waals surface area contributed by atoms with Gasteiger partial charge in [0, 0.05) is 6.04 Å². The van der Waals surface area contributed by atoms with E-state index in [9.17, 15) is 4.79 Å². The van der Waals surface area contributed by atoms with Crippen LogP contribution in [-0.2, 0) is 4.79 Å². The summed E-state index contributed by atoms with van der Waals surface area (Å²) in [5, 5.41) is 3.28. The van der Waals surface area contributed by atoms with Crippen LogP contribution in [0.25, 0.3) is 0 Å². The minimum absolute atomic E-state index is 0.0756. The highest BCUT2D eigenvalue weighted by Gasteiger charge is 2.53. The number of hydrogen-bond donors (Lipinski definition) is 2. The van der Waals surface area contributed by atoms with Gasteiger partial charge in [-0.05, 0) is 75.0 Å². The van der Waals surface area contributed by atoms with Crippen molar-refractivity contribution in [3.05, 3.63) is 0 Å². The van der Waals surface area contributed by atoms with Gasteiger partial charge in [-0.25, -0.2) is 0 Å². The average molecular weight is 292 g/mol. The van der Waals surface area contributed by atoms with Crippen LogP contribution in [-0.4, -0.2) is 18.0 Å². The lowest BCUT2D eigenvalue weighted by Crippen LogP contribution is -2.57. The van der Waals surface area contributed by atoms with E-state index in [4.69, 9.17) is 5.73 Å². The number of amides is 1. The zero-order valence-corrected chi connectivity index (χ0v) is 13.7. The molecule has 0 saturated heterocycles. The van der Waals surface area contributed by atoms with Crippen molar-refractivity contribution in [2.45, 2.75) is 83.7 Å². The van der Waals surface area contributed by atoms with Gasteiger partial charge in [-0.15, -0.1) is 0 Å². The molecule has 4 aliphatic rings. The predicted octanol–water partition coefficient (Wildman–Crippen LogP) is 3.23. The lowest BCUT2D eigenvalue weighted by Gasteiger charge is -2.59. The van der Waals surface area contributed by atoms with Gasteiger partial charge < -0.3 is 11.1 Å². The van der Waals surface area contributed by atoms with Gasteiger partial charge in [-0.2, -0.15) is 0 Å². The molecule has 0 heterocycles. The molecule has 21 heavy (non-hydrogen) atoms. The molecule has 0 aromatic carbocycles. The summed E-state index contributed by atoms with van der Waals surface area (Å²) in [5.74, 6) is 2.88. The van der Waals surface area contributed by atoms with E-state index >= 15 is 0 Å². The topological polar surface area (TPSA) is 55.1 Å². The monoisotopic (exact) mass is 292 g/mol. The number of unbranched alkanes of at least 4 members (excludes halogenated alkanes) is 1. The van der Waals surface area contributed by atoms with Gasteiger partial charge in [-0.1, -0.05) is 19.8 Å². The molecule has 4 aliphatic carbocycles. The average Bonchev–Trinajstić information content (AvgIpc) is 2.43. The second-order valence-corrected chi connectivity index (χ2v) is 8.26. The number of rotatable bonds is 6. The van der Waals surface area contributed by atoms with Gasteiger partial charge >= 0.3 is 0 Å². The summed E-state index contributed by atoms with van der Waals surface area (Å²) < 4.78 is 0. The van der Waals surface area contributed by atoms with Crippen LogP contribution in [0.4, 0.5) is 0 Å². The molecule has 0 aromatic heterocycles. The second kappa shape index (κ2) is 5.91. The van der Waals surface area contributed by atoms with Crippen LogP contribution in [0, 0.1) is 23.2 Å². The molecule has 0 aliphatic heterocycles. The molecule has 3 nitrogen and oxygen atoms in total. The van der Waals surface area contributed by atoms with E-state index in [0.717, 1.165) is 37.0 Å². The van der Waals surface area contributed by atoms with Crippen LogP contribution in [0.3, 0.4) is 0 Å². The first-order chi connectivity index (χ1) is 10.0. The molecule has 4 rings (SSSR count). The summed E-state index contributed by atoms with van der Waals surface area (Å²) >= 11 is 0. The molecule has 1 unspecified atom stereocenters. The highest BCUT2D eigenvalue weighted by molar-refractivity contribution is 5.81. The van der Waals surface area contributed by atoms with Crippen LogP contribution in [0.15, 0.2) is 0 Å². The van der Waals surface area contributed by atoms with Crippen LogP contribution >= 0.6 is 0 Å². The Morgan fingerprint density at radius 2 is 1.71 bits per heavy atom. The molecule has 4 fully saturated rings. The van der Waals surface area contributed by atoms with Crippen molar-refractivity contribution in [3.8, 4) is 0 Å². The third-order valence-corrected chi connectivity index (χ3v) is 6.57. The van der Waals surface area contributed by atoms with Crippen molar-refractivity contribution in [1.82, 2.24) is 5.32 Å². The van der Waals surface area contributed by atoms with E-state index in [0.29, 0.717) is 11.5 Å². The molecule has 3 N–H and O–H groups in total. The molecule has 0 aromatic rings. The Morgan fingerprint density at radius 1 is 1.19 bits per heavy atom. The van der Waals surface area contributed by atoms with E-state index in [-0.39, 0.29) is 11.9 Å².